The van der Waals surface area contributed by atoms with E-state index in [-0.39, 0.29) is 0 Å². The summed E-state index contributed by atoms with van der Waals surface area (Å²) < 4.78 is 16.8. The Morgan fingerprint density at radius 2 is 1.74 bits per heavy atom. The minimum Gasteiger partial charge on any atom is -0.381 e. The summed E-state index contributed by atoms with van der Waals surface area (Å²) in [7, 11) is 1.80. The number of aliphatic imine (C=N–C) groups is 1. The third-order valence-electron chi connectivity index (χ3n) is 4.17. The fourth-order valence-electron chi connectivity index (χ4n) is 2.51. The second kappa shape index (κ2) is 11.6. The monoisotopic (exact) mass is 327 g/mol. The maximum Gasteiger partial charge on any atom is 0.190 e. The number of hydrogen-bond donors (Lipinski definition) is 2. The van der Waals surface area contributed by atoms with Gasteiger partial charge in [0.1, 0.15) is 0 Å². The van der Waals surface area contributed by atoms with Gasteiger partial charge in [0.25, 0.3) is 0 Å². The van der Waals surface area contributed by atoms with E-state index >= 15 is 0 Å². The fraction of sp³-hybridized carbons (Fsp3) is 0.941. The van der Waals surface area contributed by atoms with Crippen LogP contribution >= 0.6 is 0 Å². The largest absolute Gasteiger partial charge is 0.381 e. The summed E-state index contributed by atoms with van der Waals surface area (Å²) in [5.74, 6) is 1.71. The SMILES string of the molecule is CN=C(NCCCOCC1CC1)NCCCOC1CCOCC1. The van der Waals surface area contributed by atoms with E-state index in [1.54, 1.807) is 7.05 Å². The molecule has 0 spiro atoms. The lowest BCUT2D eigenvalue weighted by Crippen LogP contribution is -2.38. The van der Waals surface area contributed by atoms with Gasteiger partial charge in [-0.05, 0) is 44.4 Å². The van der Waals surface area contributed by atoms with Crippen molar-refractivity contribution < 1.29 is 14.2 Å². The Morgan fingerprint density at radius 3 is 2.39 bits per heavy atom. The minimum absolute atomic E-state index is 0.386. The van der Waals surface area contributed by atoms with Crippen molar-refractivity contribution in [1.82, 2.24) is 10.6 Å². The molecule has 0 aromatic heterocycles. The van der Waals surface area contributed by atoms with Crippen LogP contribution in [0, 0.1) is 5.92 Å². The van der Waals surface area contributed by atoms with Gasteiger partial charge in [0, 0.05) is 53.2 Å². The molecule has 6 heteroatoms. The topological polar surface area (TPSA) is 64.1 Å². The van der Waals surface area contributed by atoms with Crippen LogP contribution in [0.1, 0.15) is 38.5 Å². The van der Waals surface area contributed by atoms with Crippen molar-refractivity contribution in [1.29, 1.82) is 0 Å². The number of rotatable bonds is 11. The van der Waals surface area contributed by atoms with Gasteiger partial charge in [0.2, 0.25) is 0 Å². The second-order valence-corrected chi connectivity index (χ2v) is 6.33. The predicted molar refractivity (Wildman–Crippen MR) is 91.9 cm³/mol. The molecule has 2 rings (SSSR count). The molecule has 2 fully saturated rings. The third-order valence-corrected chi connectivity index (χ3v) is 4.17. The van der Waals surface area contributed by atoms with Gasteiger partial charge in [-0.1, -0.05) is 0 Å². The van der Waals surface area contributed by atoms with E-state index in [0.29, 0.717) is 6.10 Å². The van der Waals surface area contributed by atoms with Gasteiger partial charge >= 0.3 is 0 Å². The first kappa shape index (κ1) is 18.5. The van der Waals surface area contributed by atoms with E-state index in [9.17, 15) is 0 Å². The minimum atomic E-state index is 0.386. The highest BCUT2D eigenvalue weighted by atomic mass is 16.5. The zero-order valence-corrected chi connectivity index (χ0v) is 14.5. The number of guanidine groups is 1. The van der Waals surface area contributed by atoms with Crippen LogP contribution < -0.4 is 10.6 Å². The van der Waals surface area contributed by atoms with E-state index in [4.69, 9.17) is 14.2 Å². The van der Waals surface area contributed by atoms with Crippen LogP contribution in [0.25, 0.3) is 0 Å². The molecule has 0 unspecified atom stereocenters. The van der Waals surface area contributed by atoms with Crippen LogP contribution in [-0.2, 0) is 14.2 Å². The first-order valence-electron chi connectivity index (χ1n) is 9.10. The standard InChI is InChI=1S/C17H33N3O3/c1-18-17(19-8-2-10-22-14-15-4-5-15)20-9-3-11-23-16-6-12-21-13-7-16/h15-16H,2-14H2,1H3,(H2,18,19,20). The van der Waals surface area contributed by atoms with Gasteiger partial charge in [-0.15, -0.1) is 0 Å². The smallest absolute Gasteiger partial charge is 0.190 e. The van der Waals surface area contributed by atoms with Crippen LogP contribution in [0.4, 0.5) is 0 Å². The summed E-state index contributed by atoms with van der Waals surface area (Å²) in [5, 5.41) is 6.63. The maximum absolute atomic E-state index is 5.85. The Kier molecular flexibility index (Phi) is 9.36. The van der Waals surface area contributed by atoms with E-state index in [1.807, 2.05) is 0 Å². The molecule has 1 saturated carbocycles. The number of nitrogens with zero attached hydrogens (tertiary/aromatic N) is 1. The first-order chi connectivity index (χ1) is 11.4. The van der Waals surface area contributed by atoms with Crippen molar-refractivity contribution >= 4 is 5.96 Å². The molecule has 0 aromatic rings. The summed E-state index contributed by atoms with van der Waals surface area (Å²) in [6, 6.07) is 0. The molecule has 2 N–H and O–H groups in total. The zero-order chi connectivity index (χ0) is 16.2. The Bertz CT molecular complexity index is 329. The van der Waals surface area contributed by atoms with Crippen molar-refractivity contribution in [2.75, 3.05) is 53.2 Å². The number of nitrogens with one attached hydrogen (secondary N) is 2. The van der Waals surface area contributed by atoms with E-state index in [0.717, 1.165) is 83.7 Å². The molecule has 1 aliphatic carbocycles. The Morgan fingerprint density at radius 1 is 1.04 bits per heavy atom. The molecule has 1 saturated heterocycles. The molecular weight excluding hydrogens is 294 g/mol. The predicted octanol–water partition coefficient (Wildman–Crippen LogP) is 1.55. The van der Waals surface area contributed by atoms with Gasteiger partial charge in [-0.2, -0.15) is 0 Å². The molecule has 1 heterocycles. The van der Waals surface area contributed by atoms with Gasteiger partial charge in [0.15, 0.2) is 5.96 Å². The van der Waals surface area contributed by atoms with E-state index < -0.39 is 0 Å². The van der Waals surface area contributed by atoms with Crippen LogP contribution in [0.15, 0.2) is 4.99 Å². The highest BCUT2D eigenvalue weighted by molar-refractivity contribution is 5.79. The lowest BCUT2D eigenvalue weighted by atomic mass is 10.1. The molecule has 23 heavy (non-hydrogen) atoms. The van der Waals surface area contributed by atoms with Crippen molar-refractivity contribution in [3.63, 3.8) is 0 Å². The molecule has 0 bridgehead atoms. The van der Waals surface area contributed by atoms with Gasteiger partial charge in [-0.25, -0.2) is 0 Å². The molecule has 1 aliphatic heterocycles. The van der Waals surface area contributed by atoms with Gasteiger partial charge in [0.05, 0.1) is 6.10 Å². The second-order valence-electron chi connectivity index (χ2n) is 6.33. The first-order valence-corrected chi connectivity index (χ1v) is 9.10. The lowest BCUT2D eigenvalue weighted by Gasteiger charge is -2.22. The maximum atomic E-state index is 5.85. The third kappa shape index (κ3) is 9.13. The molecule has 2 aliphatic rings. The molecule has 6 nitrogen and oxygen atoms in total. The summed E-state index contributed by atoms with van der Waals surface area (Å²) in [6.45, 7) is 6.01. The fourth-order valence-corrected chi connectivity index (χ4v) is 2.51. The highest BCUT2D eigenvalue weighted by Crippen LogP contribution is 2.28. The van der Waals surface area contributed by atoms with Gasteiger partial charge < -0.3 is 24.8 Å². The molecule has 0 radical (unpaired) electrons. The number of hydrogen-bond acceptors (Lipinski definition) is 4. The average molecular weight is 327 g/mol. The molecule has 134 valence electrons. The number of ether oxygens (including phenoxy) is 3. The summed E-state index contributed by atoms with van der Waals surface area (Å²) in [4.78, 5) is 4.23. The Balaban J connectivity index is 1.38. The Labute approximate surface area is 140 Å². The Hall–Kier alpha value is -0.850. The summed E-state index contributed by atoms with van der Waals surface area (Å²) >= 11 is 0. The molecule has 0 aromatic carbocycles. The highest BCUT2D eigenvalue weighted by Gasteiger charge is 2.20. The average Bonchev–Trinajstić information content (AvgIpc) is 3.41. The van der Waals surface area contributed by atoms with Crippen LogP contribution in [-0.4, -0.2) is 65.2 Å². The summed E-state index contributed by atoms with van der Waals surface area (Å²) in [5.41, 5.74) is 0. The summed E-state index contributed by atoms with van der Waals surface area (Å²) in [6.07, 6.45) is 7.15. The van der Waals surface area contributed by atoms with Crippen molar-refractivity contribution in [2.45, 2.75) is 44.6 Å². The van der Waals surface area contributed by atoms with Crippen LogP contribution in [0.3, 0.4) is 0 Å². The van der Waals surface area contributed by atoms with Crippen LogP contribution in [0.2, 0.25) is 0 Å². The molecule has 0 amide bonds. The van der Waals surface area contributed by atoms with Crippen molar-refractivity contribution in [3.05, 3.63) is 0 Å². The lowest BCUT2D eigenvalue weighted by molar-refractivity contribution is -0.0320. The quantitative estimate of drug-likeness (QED) is 0.342. The van der Waals surface area contributed by atoms with Gasteiger partial charge in [-0.3, -0.25) is 4.99 Å². The molecule has 0 atom stereocenters. The zero-order valence-electron chi connectivity index (χ0n) is 14.5. The van der Waals surface area contributed by atoms with Crippen molar-refractivity contribution in [2.24, 2.45) is 10.9 Å². The normalized spacial score (nSPS) is 19.8. The molecular formula is C17H33N3O3. The van der Waals surface area contributed by atoms with E-state index in [2.05, 4.69) is 15.6 Å². The van der Waals surface area contributed by atoms with E-state index in [1.165, 1.54) is 12.8 Å². The van der Waals surface area contributed by atoms with Crippen LogP contribution in [0.5, 0.6) is 0 Å². The van der Waals surface area contributed by atoms with Crippen molar-refractivity contribution in [3.8, 4) is 0 Å².